The van der Waals surface area contributed by atoms with E-state index in [4.69, 9.17) is 0 Å². The molecule has 1 rings (SSSR count). The van der Waals surface area contributed by atoms with Crippen molar-refractivity contribution in [2.75, 3.05) is 0 Å². The SMILES string of the molecule is C=CC(=C)CC/C=C(C)/C=C/C1=C(C)CCCC1(C)C. The zero-order valence-electron chi connectivity index (χ0n) is 13.8. The average molecular weight is 270 g/mol. The third kappa shape index (κ3) is 5.00. The Labute approximate surface area is 125 Å². The van der Waals surface area contributed by atoms with Crippen molar-refractivity contribution in [1.29, 1.82) is 0 Å². The number of allylic oxidation sites excluding steroid dienone is 8. The standard InChI is InChI=1S/C20H30/c1-7-16(2)10-8-11-17(3)13-14-19-18(4)12-9-15-20(19,5)6/h7,11,13-14H,1-2,8-10,12,15H2,3-6H3/b14-13+,17-11+. The number of hydrogen-bond acceptors (Lipinski definition) is 0. The molecule has 0 heterocycles. The minimum atomic E-state index is 0.330. The van der Waals surface area contributed by atoms with Gasteiger partial charge in [-0.3, -0.25) is 0 Å². The van der Waals surface area contributed by atoms with Gasteiger partial charge >= 0.3 is 0 Å². The minimum Gasteiger partial charge on any atom is -0.0988 e. The van der Waals surface area contributed by atoms with Gasteiger partial charge in [-0.2, -0.15) is 0 Å². The van der Waals surface area contributed by atoms with Gasteiger partial charge in [-0.1, -0.05) is 68.0 Å². The summed E-state index contributed by atoms with van der Waals surface area (Å²) in [5.41, 5.74) is 5.88. The van der Waals surface area contributed by atoms with E-state index in [9.17, 15) is 0 Å². The smallest absolute Gasteiger partial charge is 0.0104 e. The van der Waals surface area contributed by atoms with E-state index in [0.29, 0.717) is 5.41 Å². The Hall–Kier alpha value is -1.30. The molecule has 20 heavy (non-hydrogen) atoms. The molecule has 0 aromatic heterocycles. The number of hydrogen-bond donors (Lipinski definition) is 0. The van der Waals surface area contributed by atoms with Crippen LogP contribution in [0.15, 0.2) is 59.8 Å². The molecule has 1 aliphatic rings. The van der Waals surface area contributed by atoms with Crippen molar-refractivity contribution in [1.82, 2.24) is 0 Å². The summed E-state index contributed by atoms with van der Waals surface area (Å²) in [6.45, 7) is 16.9. The molecule has 0 fully saturated rings. The topological polar surface area (TPSA) is 0 Å². The van der Waals surface area contributed by atoms with Crippen LogP contribution in [0.5, 0.6) is 0 Å². The fourth-order valence-electron chi connectivity index (χ4n) is 2.88. The monoisotopic (exact) mass is 270 g/mol. The molecule has 0 spiro atoms. The second-order valence-corrected chi connectivity index (χ2v) is 6.61. The molecule has 0 unspecified atom stereocenters. The van der Waals surface area contributed by atoms with E-state index in [1.54, 1.807) is 5.57 Å². The van der Waals surface area contributed by atoms with Crippen LogP contribution in [0, 0.1) is 5.41 Å². The summed E-state index contributed by atoms with van der Waals surface area (Å²) in [7, 11) is 0. The van der Waals surface area contributed by atoms with Crippen LogP contribution < -0.4 is 0 Å². The van der Waals surface area contributed by atoms with E-state index in [1.807, 2.05) is 6.08 Å². The van der Waals surface area contributed by atoms with Gasteiger partial charge in [-0.05, 0) is 56.9 Å². The lowest BCUT2D eigenvalue weighted by molar-refractivity contribution is 0.377. The lowest BCUT2D eigenvalue weighted by Gasteiger charge is -2.32. The summed E-state index contributed by atoms with van der Waals surface area (Å²) in [5, 5.41) is 0. The van der Waals surface area contributed by atoms with Crippen molar-refractivity contribution in [3.63, 3.8) is 0 Å². The summed E-state index contributed by atoms with van der Waals surface area (Å²) < 4.78 is 0. The molecule has 0 N–H and O–H groups in total. The predicted octanol–water partition coefficient (Wildman–Crippen LogP) is 6.54. The first-order chi connectivity index (χ1) is 9.36. The van der Waals surface area contributed by atoms with Crippen LogP contribution in [-0.4, -0.2) is 0 Å². The second-order valence-electron chi connectivity index (χ2n) is 6.61. The molecular weight excluding hydrogens is 240 g/mol. The van der Waals surface area contributed by atoms with Crippen molar-refractivity contribution >= 4 is 0 Å². The van der Waals surface area contributed by atoms with Crippen LogP contribution >= 0.6 is 0 Å². The number of rotatable bonds is 6. The van der Waals surface area contributed by atoms with Gasteiger partial charge < -0.3 is 0 Å². The molecule has 0 radical (unpaired) electrons. The molecule has 0 bridgehead atoms. The summed E-state index contributed by atoms with van der Waals surface area (Å²) in [6, 6.07) is 0. The van der Waals surface area contributed by atoms with Gasteiger partial charge in [-0.15, -0.1) is 0 Å². The van der Waals surface area contributed by atoms with Gasteiger partial charge in [0.25, 0.3) is 0 Å². The van der Waals surface area contributed by atoms with E-state index in [-0.39, 0.29) is 0 Å². The van der Waals surface area contributed by atoms with Crippen molar-refractivity contribution in [3.8, 4) is 0 Å². The van der Waals surface area contributed by atoms with Gasteiger partial charge in [-0.25, -0.2) is 0 Å². The minimum absolute atomic E-state index is 0.330. The van der Waals surface area contributed by atoms with Crippen LogP contribution in [0.4, 0.5) is 0 Å². The molecule has 0 aromatic rings. The normalized spacial score (nSPS) is 19.5. The van der Waals surface area contributed by atoms with Gasteiger partial charge in [0, 0.05) is 0 Å². The van der Waals surface area contributed by atoms with Crippen LogP contribution in [0.25, 0.3) is 0 Å². The van der Waals surface area contributed by atoms with Crippen molar-refractivity contribution in [2.24, 2.45) is 5.41 Å². The molecule has 110 valence electrons. The van der Waals surface area contributed by atoms with Crippen LogP contribution in [0.2, 0.25) is 0 Å². The molecule has 0 heteroatoms. The van der Waals surface area contributed by atoms with E-state index in [0.717, 1.165) is 18.4 Å². The maximum atomic E-state index is 3.95. The Kier molecular flexibility index (Phi) is 6.26. The Morgan fingerprint density at radius 1 is 1.35 bits per heavy atom. The summed E-state index contributed by atoms with van der Waals surface area (Å²) in [4.78, 5) is 0. The van der Waals surface area contributed by atoms with Gasteiger partial charge in [0.05, 0.1) is 0 Å². The van der Waals surface area contributed by atoms with E-state index in [2.05, 4.69) is 59.1 Å². The largest absolute Gasteiger partial charge is 0.0988 e. The lowest BCUT2D eigenvalue weighted by atomic mass is 9.72. The molecule has 0 saturated carbocycles. The molecule has 0 saturated heterocycles. The predicted molar refractivity (Wildman–Crippen MR) is 91.8 cm³/mol. The van der Waals surface area contributed by atoms with Crippen LogP contribution in [-0.2, 0) is 0 Å². The highest BCUT2D eigenvalue weighted by atomic mass is 14.3. The fourth-order valence-corrected chi connectivity index (χ4v) is 2.88. The zero-order chi connectivity index (χ0) is 15.2. The third-order valence-electron chi connectivity index (χ3n) is 4.28. The summed E-state index contributed by atoms with van der Waals surface area (Å²) in [6.07, 6.45) is 14.7. The third-order valence-corrected chi connectivity index (χ3v) is 4.28. The lowest BCUT2D eigenvalue weighted by Crippen LogP contribution is -2.19. The quantitative estimate of drug-likeness (QED) is 0.481. The molecular formula is C20H30. The first-order valence-corrected chi connectivity index (χ1v) is 7.72. The first kappa shape index (κ1) is 16.8. The second kappa shape index (κ2) is 7.47. The van der Waals surface area contributed by atoms with Gasteiger partial charge in [0.1, 0.15) is 0 Å². The molecule has 0 aromatic carbocycles. The molecule has 0 atom stereocenters. The van der Waals surface area contributed by atoms with Crippen molar-refractivity contribution < 1.29 is 0 Å². The maximum Gasteiger partial charge on any atom is -0.0104 e. The van der Waals surface area contributed by atoms with Crippen LogP contribution in [0.1, 0.15) is 59.8 Å². The summed E-state index contributed by atoms with van der Waals surface area (Å²) in [5.74, 6) is 0. The maximum absolute atomic E-state index is 3.95. The van der Waals surface area contributed by atoms with E-state index in [1.165, 1.54) is 30.4 Å². The average Bonchev–Trinajstić information content (AvgIpc) is 2.37. The Bertz CT molecular complexity index is 452. The highest BCUT2D eigenvalue weighted by Crippen LogP contribution is 2.40. The Morgan fingerprint density at radius 2 is 2.05 bits per heavy atom. The summed E-state index contributed by atoms with van der Waals surface area (Å²) >= 11 is 0. The van der Waals surface area contributed by atoms with E-state index >= 15 is 0 Å². The van der Waals surface area contributed by atoms with Crippen molar-refractivity contribution in [3.05, 3.63) is 59.8 Å². The highest BCUT2D eigenvalue weighted by molar-refractivity contribution is 5.35. The van der Waals surface area contributed by atoms with Crippen LogP contribution in [0.3, 0.4) is 0 Å². The first-order valence-electron chi connectivity index (χ1n) is 7.72. The molecule has 0 amide bonds. The zero-order valence-corrected chi connectivity index (χ0v) is 13.8. The van der Waals surface area contributed by atoms with E-state index < -0.39 is 0 Å². The molecule has 1 aliphatic carbocycles. The van der Waals surface area contributed by atoms with Crippen molar-refractivity contribution in [2.45, 2.75) is 59.8 Å². The van der Waals surface area contributed by atoms with Gasteiger partial charge in [0.2, 0.25) is 0 Å². The Morgan fingerprint density at radius 3 is 2.65 bits per heavy atom. The fraction of sp³-hybridized carbons (Fsp3) is 0.500. The van der Waals surface area contributed by atoms with Gasteiger partial charge in [0.15, 0.2) is 0 Å². The molecule has 0 aliphatic heterocycles. The highest BCUT2D eigenvalue weighted by Gasteiger charge is 2.26. The molecule has 0 nitrogen and oxygen atoms in total. The Balaban J connectivity index is 2.68.